The topological polar surface area (TPSA) is 87.4 Å². The predicted octanol–water partition coefficient (Wildman–Crippen LogP) is 1.84. The Morgan fingerprint density at radius 3 is 2.88 bits per heavy atom. The third kappa shape index (κ3) is 4.49. The van der Waals surface area contributed by atoms with Crippen molar-refractivity contribution in [2.45, 2.75) is 13.3 Å². The minimum Gasteiger partial charge on any atom is -0.470 e. The maximum absolute atomic E-state index is 10.6. The number of ether oxygens (including phenoxy) is 2. The minimum atomic E-state index is -0.626. The van der Waals surface area contributed by atoms with Crippen molar-refractivity contribution >= 4 is 17.3 Å². The lowest BCUT2D eigenvalue weighted by Crippen LogP contribution is -2.09. The summed E-state index contributed by atoms with van der Waals surface area (Å²) < 4.78 is 10.3. The van der Waals surface area contributed by atoms with Crippen LogP contribution < -0.4 is 4.74 Å². The summed E-state index contributed by atoms with van der Waals surface area (Å²) in [6, 6.07) is 0. The van der Waals surface area contributed by atoms with Gasteiger partial charge in [-0.15, -0.1) is 0 Å². The van der Waals surface area contributed by atoms with Gasteiger partial charge >= 0.3 is 5.69 Å². The number of nitro groups is 1. The fourth-order valence-electron chi connectivity index (χ4n) is 1.01. The van der Waals surface area contributed by atoms with Gasteiger partial charge in [-0.2, -0.15) is 4.98 Å². The van der Waals surface area contributed by atoms with Gasteiger partial charge in [0.15, 0.2) is 0 Å². The number of nitrogens with zero attached hydrogens (tertiary/aromatic N) is 3. The van der Waals surface area contributed by atoms with Crippen LogP contribution in [-0.2, 0) is 4.74 Å². The van der Waals surface area contributed by atoms with Crippen LogP contribution in [0.2, 0.25) is 5.28 Å². The Kier molecular flexibility index (Phi) is 5.58. The molecular weight excluding hydrogens is 250 g/mol. The van der Waals surface area contributed by atoms with Crippen molar-refractivity contribution in [3.8, 4) is 5.88 Å². The van der Waals surface area contributed by atoms with Crippen molar-refractivity contribution in [2.75, 3.05) is 19.8 Å². The molecule has 0 saturated heterocycles. The highest BCUT2D eigenvalue weighted by Crippen LogP contribution is 2.24. The van der Waals surface area contributed by atoms with Crippen molar-refractivity contribution in [3.63, 3.8) is 0 Å². The molecular formula is C9H12ClN3O4. The second kappa shape index (κ2) is 6.97. The van der Waals surface area contributed by atoms with Crippen LogP contribution in [-0.4, -0.2) is 34.7 Å². The lowest BCUT2D eigenvalue weighted by atomic mass is 10.5. The van der Waals surface area contributed by atoms with E-state index in [1.54, 1.807) is 0 Å². The SMILES string of the molecule is CCCOCCOc1nc(Cl)ncc1[N+](=O)[O-]. The smallest absolute Gasteiger partial charge is 0.349 e. The zero-order valence-electron chi connectivity index (χ0n) is 9.26. The quantitative estimate of drug-likeness (QED) is 0.322. The number of rotatable bonds is 7. The Labute approximate surface area is 103 Å². The lowest BCUT2D eigenvalue weighted by molar-refractivity contribution is -0.386. The van der Waals surface area contributed by atoms with Gasteiger partial charge in [0, 0.05) is 6.61 Å². The van der Waals surface area contributed by atoms with E-state index in [2.05, 4.69) is 9.97 Å². The molecule has 0 spiro atoms. The molecule has 0 atom stereocenters. The standard InChI is InChI=1S/C9H12ClN3O4/c1-2-3-16-4-5-17-8-7(13(14)15)6-11-9(10)12-8/h6H,2-5H2,1H3. The normalized spacial score (nSPS) is 10.2. The summed E-state index contributed by atoms with van der Waals surface area (Å²) in [6.07, 6.45) is 1.91. The van der Waals surface area contributed by atoms with Gasteiger partial charge in [0.05, 0.1) is 11.5 Å². The Hall–Kier alpha value is -1.47. The van der Waals surface area contributed by atoms with E-state index in [-0.39, 0.29) is 23.5 Å². The third-order valence-electron chi connectivity index (χ3n) is 1.72. The van der Waals surface area contributed by atoms with E-state index >= 15 is 0 Å². The molecule has 0 bridgehead atoms. The van der Waals surface area contributed by atoms with Gasteiger partial charge in [-0.05, 0) is 18.0 Å². The second-order valence-corrected chi connectivity index (χ2v) is 3.39. The molecule has 0 aliphatic rings. The van der Waals surface area contributed by atoms with Gasteiger partial charge in [0.2, 0.25) is 5.28 Å². The van der Waals surface area contributed by atoms with Crippen LogP contribution in [0.1, 0.15) is 13.3 Å². The lowest BCUT2D eigenvalue weighted by Gasteiger charge is -2.05. The summed E-state index contributed by atoms with van der Waals surface area (Å²) in [4.78, 5) is 17.2. The first-order chi connectivity index (χ1) is 8.15. The summed E-state index contributed by atoms with van der Waals surface area (Å²) in [5, 5.41) is 10.5. The summed E-state index contributed by atoms with van der Waals surface area (Å²) in [5.41, 5.74) is -0.315. The zero-order valence-corrected chi connectivity index (χ0v) is 10.0. The molecule has 1 rings (SSSR count). The van der Waals surface area contributed by atoms with Gasteiger partial charge in [-0.25, -0.2) is 4.98 Å². The Morgan fingerprint density at radius 2 is 2.24 bits per heavy atom. The molecule has 0 unspecified atom stereocenters. The van der Waals surface area contributed by atoms with Gasteiger partial charge < -0.3 is 9.47 Å². The summed E-state index contributed by atoms with van der Waals surface area (Å²) in [6.45, 7) is 3.12. The Balaban J connectivity index is 2.56. The third-order valence-corrected chi connectivity index (χ3v) is 1.90. The van der Waals surface area contributed by atoms with E-state index in [1.807, 2.05) is 6.92 Å². The number of hydrogen-bond donors (Lipinski definition) is 0. The molecule has 1 heterocycles. The fraction of sp³-hybridized carbons (Fsp3) is 0.556. The maximum Gasteiger partial charge on any atom is 0.349 e. The number of aromatic nitrogens is 2. The summed E-state index contributed by atoms with van der Waals surface area (Å²) in [5.74, 6) is -0.143. The summed E-state index contributed by atoms with van der Waals surface area (Å²) >= 11 is 5.53. The van der Waals surface area contributed by atoms with Crippen LogP contribution in [0, 0.1) is 10.1 Å². The molecule has 0 amide bonds. The molecule has 8 heteroatoms. The largest absolute Gasteiger partial charge is 0.470 e. The van der Waals surface area contributed by atoms with E-state index in [9.17, 15) is 10.1 Å². The molecule has 94 valence electrons. The first-order valence-corrected chi connectivity index (χ1v) is 5.40. The molecule has 0 radical (unpaired) electrons. The molecule has 0 N–H and O–H groups in total. The van der Waals surface area contributed by atoms with Gasteiger partial charge in [-0.1, -0.05) is 6.92 Å². The molecule has 0 aliphatic carbocycles. The van der Waals surface area contributed by atoms with E-state index < -0.39 is 4.92 Å². The minimum absolute atomic E-state index is 0.0972. The van der Waals surface area contributed by atoms with Crippen LogP contribution in [0.3, 0.4) is 0 Å². The molecule has 1 aromatic rings. The molecule has 1 aromatic heterocycles. The highest BCUT2D eigenvalue weighted by molar-refractivity contribution is 6.28. The van der Waals surface area contributed by atoms with Crippen LogP contribution in [0.25, 0.3) is 0 Å². The van der Waals surface area contributed by atoms with Crippen LogP contribution in [0.5, 0.6) is 5.88 Å². The van der Waals surface area contributed by atoms with Crippen molar-refractivity contribution < 1.29 is 14.4 Å². The highest BCUT2D eigenvalue weighted by Gasteiger charge is 2.18. The first-order valence-electron chi connectivity index (χ1n) is 5.02. The molecule has 0 fully saturated rings. The van der Waals surface area contributed by atoms with Crippen LogP contribution in [0.4, 0.5) is 5.69 Å². The van der Waals surface area contributed by atoms with Crippen molar-refractivity contribution in [1.29, 1.82) is 0 Å². The maximum atomic E-state index is 10.6. The van der Waals surface area contributed by atoms with Crippen LogP contribution >= 0.6 is 11.6 Å². The predicted molar refractivity (Wildman–Crippen MR) is 60.3 cm³/mol. The summed E-state index contributed by atoms with van der Waals surface area (Å²) in [7, 11) is 0. The average molecular weight is 262 g/mol. The zero-order chi connectivity index (χ0) is 12.7. The number of hydrogen-bond acceptors (Lipinski definition) is 6. The average Bonchev–Trinajstić information content (AvgIpc) is 2.28. The molecule has 0 aliphatic heterocycles. The van der Waals surface area contributed by atoms with E-state index in [0.717, 1.165) is 12.6 Å². The Morgan fingerprint density at radius 1 is 1.47 bits per heavy atom. The van der Waals surface area contributed by atoms with Gasteiger partial charge in [0.1, 0.15) is 12.8 Å². The molecule has 7 nitrogen and oxygen atoms in total. The van der Waals surface area contributed by atoms with Gasteiger partial charge in [-0.3, -0.25) is 10.1 Å². The molecule has 0 aromatic carbocycles. The highest BCUT2D eigenvalue weighted by atomic mass is 35.5. The van der Waals surface area contributed by atoms with Crippen molar-refractivity contribution in [2.24, 2.45) is 0 Å². The van der Waals surface area contributed by atoms with E-state index in [0.29, 0.717) is 13.2 Å². The Bertz CT molecular complexity index is 389. The monoisotopic (exact) mass is 261 g/mol. The van der Waals surface area contributed by atoms with Crippen molar-refractivity contribution in [1.82, 2.24) is 9.97 Å². The van der Waals surface area contributed by atoms with E-state index in [1.165, 1.54) is 0 Å². The molecule has 0 saturated carbocycles. The van der Waals surface area contributed by atoms with Crippen molar-refractivity contribution in [3.05, 3.63) is 21.6 Å². The fourth-order valence-corrected chi connectivity index (χ4v) is 1.14. The molecule has 17 heavy (non-hydrogen) atoms. The van der Waals surface area contributed by atoms with Gasteiger partial charge in [0.25, 0.3) is 5.88 Å². The van der Waals surface area contributed by atoms with E-state index in [4.69, 9.17) is 21.1 Å². The number of halogens is 1. The first kappa shape index (κ1) is 13.6. The van der Waals surface area contributed by atoms with Crippen LogP contribution in [0.15, 0.2) is 6.20 Å². The second-order valence-electron chi connectivity index (χ2n) is 3.05.